The van der Waals surface area contributed by atoms with Gasteiger partial charge in [-0.25, -0.2) is 0 Å². The Hall–Kier alpha value is -8.53. The first kappa shape index (κ1) is 38.2. The third-order valence-electron chi connectivity index (χ3n) is 12.8. The van der Waals surface area contributed by atoms with Crippen LogP contribution in [0.25, 0.3) is 88.9 Å². The molecule has 0 radical (unpaired) electrons. The number of hydrogen-bond donors (Lipinski definition) is 0. The van der Waals surface area contributed by atoms with Crippen molar-refractivity contribution in [2.75, 3.05) is 0 Å². The van der Waals surface area contributed by atoms with E-state index in [1.165, 1.54) is 65.9 Å². The maximum Gasteiger partial charge on any atom is 0.0651 e. The topological polar surface area (TPSA) is 22.2 Å². The molecule has 0 spiro atoms. The molecule has 0 N–H and O–H groups in total. The lowest BCUT2D eigenvalue weighted by Gasteiger charge is -2.15. The van der Waals surface area contributed by atoms with E-state index in [2.05, 4.69) is 258 Å². The highest BCUT2D eigenvalue weighted by Gasteiger charge is 2.16. The lowest BCUT2D eigenvalue weighted by atomic mass is 9.93. The molecule has 2 aromatic heterocycles. The summed E-state index contributed by atoms with van der Waals surface area (Å²) in [6.07, 6.45) is 8.97. The zero-order valence-electron chi connectivity index (χ0n) is 35.7. The smallest absolute Gasteiger partial charge is 0.0651 e. The Kier molecular flexibility index (Phi) is 9.57. The first-order chi connectivity index (χ1) is 32.2. The van der Waals surface area contributed by atoms with Crippen LogP contribution in [0.1, 0.15) is 16.7 Å². The Morgan fingerprint density at radius 2 is 0.831 bits per heavy atom. The molecule has 0 aliphatic heterocycles. The van der Waals surface area contributed by atoms with Gasteiger partial charge in [-0.2, -0.15) is 0 Å². The first-order valence-corrected chi connectivity index (χ1v) is 22.3. The van der Waals surface area contributed by atoms with Crippen LogP contribution in [0.2, 0.25) is 0 Å². The van der Waals surface area contributed by atoms with Crippen LogP contribution in [0.5, 0.6) is 0 Å². The molecular formula is C62H43N3. The minimum atomic E-state index is 0.552. The zero-order valence-corrected chi connectivity index (χ0v) is 35.7. The standard InChI is InChI=1S/C62H43N3/c1-2-16-45(17-3-1)46-33-31-43(32-34-46)37-51-39-50(49-20-14-22-53(41-49)65-61-29-10-6-25-56(61)57-26-7-11-30-62(57)65)35-36-58(51)63-42-44-15-12-18-47(38-44)48-19-13-21-52(40-48)64-59-27-8-4-23-54(59)55-24-5-9-28-60(55)64/h1-41H,42H2/b51-37+,63-58-. The van der Waals surface area contributed by atoms with E-state index in [1.807, 2.05) is 0 Å². The predicted octanol–water partition coefficient (Wildman–Crippen LogP) is 15.9. The Morgan fingerprint density at radius 1 is 0.369 bits per heavy atom. The minimum Gasteiger partial charge on any atom is -0.309 e. The second-order valence-electron chi connectivity index (χ2n) is 16.8. The van der Waals surface area contributed by atoms with Crippen molar-refractivity contribution < 1.29 is 0 Å². The van der Waals surface area contributed by atoms with Crippen LogP contribution in [0.3, 0.4) is 0 Å². The van der Waals surface area contributed by atoms with Crippen LogP contribution in [-0.4, -0.2) is 14.8 Å². The highest BCUT2D eigenvalue weighted by atomic mass is 15.0. The molecule has 0 amide bonds. The molecule has 0 saturated heterocycles. The van der Waals surface area contributed by atoms with Crippen LogP contribution >= 0.6 is 0 Å². The number of aliphatic imine (C=N–C) groups is 1. The van der Waals surface area contributed by atoms with E-state index in [-0.39, 0.29) is 0 Å². The van der Waals surface area contributed by atoms with E-state index < -0.39 is 0 Å². The maximum atomic E-state index is 5.32. The van der Waals surface area contributed by atoms with Crippen molar-refractivity contribution in [3.63, 3.8) is 0 Å². The number of para-hydroxylation sites is 4. The van der Waals surface area contributed by atoms with Crippen molar-refractivity contribution in [1.82, 2.24) is 9.13 Å². The summed E-state index contributed by atoms with van der Waals surface area (Å²) in [6, 6.07) is 80.7. The molecule has 2 heterocycles. The van der Waals surface area contributed by atoms with Crippen molar-refractivity contribution in [1.29, 1.82) is 0 Å². The molecule has 3 nitrogen and oxygen atoms in total. The highest BCUT2D eigenvalue weighted by molar-refractivity contribution is 6.17. The quantitative estimate of drug-likeness (QED) is 0.146. The van der Waals surface area contributed by atoms with E-state index in [9.17, 15) is 0 Å². The molecule has 0 bridgehead atoms. The van der Waals surface area contributed by atoms with Crippen LogP contribution in [0.15, 0.2) is 253 Å². The van der Waals surface area contributed by atoms with Gasteiger partial charge in [-0.15, -0.1) is 0 Å². The largest absolute Gasteiger partial charge is 0.309 e. The van der Waals surface area contributed by atoms with Gasteiger partial charge >= 0.3 is 0 Å². The number of fused-ring (bicyclic) bond motifs is 6. The van der Waals surface area contributed by atoms with E-state index in [4.69, 9.17) is 4.99 Å². The molecule has 0 fully saturated rings. The van der Waals surface area contributed by atoms with Crippen LogP contribution in [-0.2, 0) is 6.54 Å². The Morgan fingerprint density at radius 3 is 1.42 bits per heavy atom. The average molecular weight is 830 g/mol. The van der Waals surface area contributed by atoms with Crippen molar-refractivity contribution in [2.24, 2.45) is 4.99 Å². The molecule has 65 heavy (non-hydrogen) atoms. The first-order valence-electron chi connectivity index (χ1n) is 22.3. The second kappa shape index (κ2) is 16.3. The summed E-state index contributed by atoms with van der Waals surface area (Å²) in [4.78, 5) is 5.32. The van der Waals surface area contributed by atoms with Gasteiger partial charge in [-0.1, -0.05) is 176 Å². The van der Waals surface area contributed by atoms with E-state index in [0.717, 1.165) is 44.9 Å². The Labute approximate surface area is 378 Å². The summed E-state index contributed by atoms with van der Waals surface area (Å²) >= 11 is 0. The van der Waals surface area contributed by atoms with Crippen molar-refractivity contribution in [3.8, 4) is 33.6 Å². The predicted molar refractivity (Wildman–Crippen MR) is 275 cm³/mol. The molecule has 3 heteroatoms. The van der Waals surface area contributed by atoms with E-state index in [1.54, 1.807) is 0 Å². The van der Waals surface area contributed by atoms with E-state index >= 15 is 0 Å². The summed E-state index contributed by atoms with van der Waals surface area (Å²) < 4.78 is 4.76. The number of rotatable bonds is 8. The third-order valence-corrected chi connectivity index (χ3v) is 12.8. The molecule has 306 valence electrons. The lowest BCUT2D eigenvalue weighted by Crippen LogP contribution is -2.04. The summed E-state index contributed by atoms with van der Waals surface area (Å²) in [6.45, 7) is 0.552. The summed E-state index contributed by atoms with van der Waals surface area (Å²) in [5.41, 5.74) is 18.5. The van der Waals surface area contributed by atoms with Crippen LogP contribution in [0.4, 0.5) is 0 Å². The molecule has 0 atom stereocenters. The fraction of sp³-hybridized carbons (Fsp3) is 0.0161. The van der Waals surface area contributed by atoms with Gasteiger partial charge in [0.2, 0.25) is 0 Å². The second-order valence-corrected chi connectivity index (χ2v) is 16.8. The third kappa shape index (κ3) is 7.10. The number of nitrogens with zero attached hydrogens (tertiary/aromatic N) is 3. The summed E-state index contributed by atoms with van der Waals surface area (Å²) in [5.74, 6) is 0. The van der Waals surface area contributed by atoms with E-state index in [0.29, 0.717) is 6.54 Å². The van der Waals surface area contributed by atoms with Crippen LogP contribution < -0.4 is 0 Å². The average Bonchev–Trinajstić information content (AvgIpc) is 3.90. The SMILES string of the molecule is C1=CC(=N/Cc2cccc(-c3cccc(-n4c5ccccc5c5ccccc54)c3)c2)/C(=C/c2ccc(-c3ccccc3)cc2)C=C1c1cccc(-n2c3ccccc3c3ccccc32)c1. The van der Waals surface area contributed by atoms with Gasteiger partial charge in [0.25, 0.3) is 0 Å². The summed E-state index contributed by atoms with van der Waals surface area (Å²) in [5, 5.41) is 5.04. The number of benzene rings is 9. The lowest BCUT2D eigenvalue weighted by molar-refractivity contribution is 1.07. The summed E-state index contributed by atoms with van der Waals surface area (Å²) in [7, 11) is 0. The molecule has 9 aromatic carbocycles. The fourth-order valence-electron chi connectivity index (χ4n) is 9.65. The Bertz CT molecular complexity index is 3620. The van der Waals surface area contributed by atoms with Gasteiger partial charge in [0.1, 0.15) is 0 Å². The molecular weight excluding hydrogens is 787 g/mol. The molecule has 0 unspecified atom stereocenters. The van der Waals surface area contributed by atoms with Crippen LogP contribution in [0, 0.1) is 0 Å². The molecule has 12 rings (SSSR count). The monoisotopic (exact) mass is 829 g/mol. The molecule has 1 aliphatic carbocycles. The zero-order chi connectivity index (χ0) is 43.1. The Balaban J connectivity index is 0.890. The minimum absolute atomic E-state index is 0.552. The van der Waals surface area contributed by atoms with Gasteiger partial charge in [0.15, 0.2) is 0 Å². The van der Waals surface area contributed by atoms with Crippen molar-refractivity contribution >= 4 is 61.0 Å². The van der Waals surface area contributed by atoms with Gasteiger partial charge < -0.3 is 9.13 Å². The van der Waals surface area contributed by atoms with Crippen molar-refractivity contribution in [3.05, 3.63) is 265 Å². The number of allylic oxidation sites excluding steroid dienone is 5. The number of aromatic nitrogens is 2. The molecule has 0 saturated carbocycles. The fourth-order valence-corrected chi connectivity index (χ4v) is 9.65. The molecule has 11 aromatic rings. The molecule has 1 aliphatic rings. The highest BCUT2D eigenvalue weighted by Crippen LogP contribution is 2.36. The van der Waals surface area contributed by atoms with Gasteiger partial charge in [-0.3, -0.25) is 4.99 Å². The number of hydrogen-bond acceptors (Lipinski definition) is 1. The van der Waals surface area contributed by atoms with Crippen molar-refractivity contribution in [2.45, 2.75) is 6.54 Å². The normalized spacial score (nSPS) is 14.0. The van der Waals surface area contributed by atoms with Gasteiger partial charge in [0, 0.05) is 38.5 Å². The van der Waals surface area contributed by atoms with Gasteiger partial charge in [-0.05, 0) is 117 Å². The van der Waals surface area contributed by atoms with Gasteiger partial charge in [0.05, 0.1) is 34.3 Å². The maximum absolute atomic E-state index is 5.32.